The molecule has 1 aromatic carbocycles. The van der Waals surface area contributed by atoms with Crippen LogP contribution in [0.2, 0.25) is 0 Å². The van der Waals surface area contributed by atoms with Crippen LogP contribution in [-0.2, 0) is 11.3 Å². The Balaban J connectivity index is 2.18. The Morgan fingerprint density at radius 2 is 2.25 bits per heavy atom. The summed E-state index contributed by atoms with van der Waals surface area (Å²) < 4.78 is 0. The number of aryl methyl sites for hydroxylation is 1. The van der Waals surface area contributed by atoms with Crippen LogP contribution in [0, 0.1) is 17.0 Å². The van der Waals surface area contributed by atoms with Gasteiger partial charge in [-0.05, 0) is 31.9 Å². The van der Waals surface area contributed by atoms with Gasteiger partial charge in [-0.2, -0.15) is 0 Å². The van der Waals surface area contributed by atoms with E-state index in [4.69, 9.17) is 0 Å². The fourth-order valence-electron chi connectivity index (χ4n) is 2.64. The van der Waals surface area contributed by atoms with Crippen molar-refractivity contribution in [2.24, 2.45) is 0 Å². The third kappa shape index (κ3) is 3.14. The number of rotatable bonds is 4. The molecule has 1 N–H and O–H groups in total. The highest BCUT2D eigenvalue weighted by atomic mass is 16.6. The number of carboxylic acid groups (broad SMARTS) is 1. The summed E-state index contributed by atoms with van der Waals surface area (Å²) in [6, 6.07) is 4.61. The molecule has 108 valence electrons. The molecule has 1 saturated heterocycles. The summed E-state index contributed by atoms with van der Waals surface area (Å²) in [6.07, 6.45) is 2.53. The number of hydrogen-bond donors (Lipinski definition) is 1. The van der Waals surface area contributed by atoms with Crippen LogP contribution in [0.15, 0.2) is 18.2 Å². The Bertz CT molecular complexity index is 530. The highest BCUT2D eigenvalue weighted by Gasteiger charge is 2.28. The average Bonchev–Trinajstić information content (AvgIpc) is 2.41. The van der Waals surface area contributed by atoms with E-state index in [2.05, 4.69) is 0 Å². The number of piperidine rings is 1. The van der Waals surface area contributed by atoms with Gasteiger partial charge in [0.2, 0.25) is 0 Å². The Morgan fingerprint density at radius 3 is 2.90 bits per heavy atom. The highest BCUT2D eigenvalue weighted by molar-refractivity contribution is 5.73. The predicted octanol–water partition coefficient (Wildman–Crippen LogP) is 2.34. The number of carboxylic acids is 1. The molecule has 1 atom stereocenters. The van der Waals surface area contributed by atoms with Crippen molar-refractivity contribution in [3.05, 3.63) is 39.4 Å². The van der Waals surface area contributed by atoms with Gasteiger partial charge in [-0.15, -0.1) is 0 Å². The zero-order valence-corrected chi connectivity index (χ0v) is 11.4. The smallest absolute Gasteiger partial charge is 0.320 e. The monoisotopic (exact) mass is 278 g/mol. The van der Waals surface area contributed by atoms with Gasteiger partial charge in [-0.25, -0.2) is 0 Å². The maximum Gasteiger partial charge on any atom is 0.320 e. The van der Waals surface area contributed by atoms with E-state index in [1.165, 1.54) is 0 Å². The van der Waals surface area contributed by atoms with Crippen molar-refractivity contribution < 1.29 is 14.8 Å². The number of nitro benzene ring substituents is 1. The first-order valence-corrected chi connectivity index (χ1v) is 6.70. The molecule has 2 rings (SSSR count). The molecule has 1 fully saturated rings. The summed E-state index contributed by atoms with van der Waals surface area (Å²) >= 11 is 0. The van der Waals surface area contributed by atoms with Gasteiger partial charge in [0.05, 0.1) is 4.92 Å². The quantitative estimate of drug-likeness (QED) is 0.675. The van der Waals surface area contributed by atoms with Gasteiger partial charge < -0.3 is 5.11 Å². The van der Waals surface area contributed by atoms with Crippen molar-refractivity contribution in [2.45, 2.75) is 38.8 Å². The summed E-state index contributed by atoms with van der Waals surface area (Å²) in [4.78, 5) is 23.7. The summed E-state index contributed by atoms with van der Waals surface area (Å²) in [6.45, 7) is 2.86. The number of nitro groups is 1. The van der Waals surface area contributed by atoms with Crippen LogP contribution < -0.4 is 0 Å². The lowest BCUT2D eigenvalue weighted by Crippen LogP contribution is -2.43. The molecular weight excluding hydrogens is 260 g/mol. The fraction of sp³-hybridized carbons (Fsp3) is 0.500. The second-order valence-electron chi connectivity index (χ2n) is 5.20. The molecule has 1 aromatic rings. The number of likely N-dealkylation sites (tertiary alicyclic amines) is 1. The second kappa shape index (κ2) is 6.00. The molecule has 6 heteroatoms. The molecule has 1 heterocycles. The maximum atomic E-state index is 11.2. The van der Waals surface area contributed by atoms with Gasteiger partial charge in [0.1, 0.15) is 6.04 Å². The van der Waals surface area contributed by atoms with Crippen molar-refractivity contribution in [3.63, 3.8) is 0 Å². The zero-order valence-electron chi connectivity index (χ0n) is 11.4. The fourth-order valence-corrected chi connectivity index (χ4v) is 2.64. The summed E-state index contributed by atoms with van der Waals surface area (Å²) in [5.41, 5.74) is 1.49. The van der Waals surface area contributed by atoms with E-state index < -0.39 is 16.9 Å². The normalized spacial score (nSPS) is 19.8. The van der Waals surface area contributed by atoms with Crippen LogP contribution in [0.3, 0.4) is 0 Å². The first-order chi connectivity index (χ1) is 9.49. The average molecular weight is 278 g/mol. The predicted molar refractivity (Wildman–Crippen MR) is 73.5 cm³/mol. The Kier molecular flexibility index (Phi) is 4.34. The lowest BCUT2D eigenvalue weighted by Gasteiger charge is -2.32. The molecule has 0 aromatic heterocycles. The second-order valence-corrected chi connectivity index (χ2v) is 5.20. The Hall–Kier alpha value is -1.95. The van der Waals surface area contributed by atoms with Crippen molar-refractivity contribution in [1.82, 2.24) is 4.90 Å². The van der Waals surface area contributed by atoms with Gasteiger partial charge >= 0.3 is 5.97 Å². The van der Waals surface area contributed by atoms with Crippen LogP contribution >= 0.6 is 0 Å². The molecule has 1 aliphatic rings. The number of aliphatic carboxylic acids is 1. The van der Waals surface area contributed by atoms with Gasteiger partial charge in [-0.3, -0.25) is 19.8 Å². The minimum absolute atomic E-state index is 0.0892. The standard InChI is InChI=1S/C14H18N2O4/c1-10-5-6-11(8-13(10)16(19)20)9-15-7-3-2-4-12(15)14(17)18/h5-6,8,12H,2-4,7,9H2,1H3,(H,17,18). The SMILES string of the molecule is Cc1ccc(CN2CCCCC2C(=O)O)cc1[N+](=O)[O-]. The van der Waals surface area contributed by atoms with Crippen LogP contribution in [0.25, 0.3) is 0 Å². The van der Waals surface area contributed by atoms with E-state index in [1.807, 2.05) is 11.0 Å². The first-order valence-electron chi connectivity index (χ1n) is 6.70. The third-order valence-corrected chi connectivity index (χ3v) is 3.75. The molecule has 0 radical (unpaired) electrons. The van der Waals surface area contributed by atoms with E-state index >= 15 is 0 Å². The topological polar surface area (TPSA) is 83.7 Å². The minimum atomic E-state index is -0.814. The number of benzene rings is 1. The van der Waals surface area contributed by atoms with E-state index in [1.54, 1.807) is 19.1 Å². The lowest BCUT2D eigenvalue weighted by atomic mass is 10.0. The van der Waals surface area contributed by atoms with Crippen molar-refractivity contribution in [1.29, 1.82) is 0 Å². The molecule has 1 unspecified atom stereocenters. The van der Waals surface area contributed by atoms with E-state index in [9.17, 15) is 20.0 Å². The van der Waals surface area contributed by atoms with Gasteiger partial charge in [-0.1, -0.05) is 18.6 Å². The molecule has 0 spiro atoms. The van der Waals surface area contributed by atoms with E-state index in [0.29, 0.717) is 18.5 Å². The van der Waals surface area contributed by atoms with Gasteiger partial charge in [0, 0.05) is 18.2 Å². The lowest BCUT2D eigenvalue weighted by molar-refractivity contribution is -0.385. The molecule has 0 amide bonds. The Morgan fingerprint density at radius 1 is 1.50 bits per heavy atom. The van der Waals surface area contributed by atoms with E-state index in [-0.39, 0.29) is 5.69 Å². The van der Waals surface area contributed by atoms with Crippen molar-refractivity contribution >= 4 is 11.7 Å². The van der Waals surface area contributed by atoms with Gasteiger partial charge in [0.25, 0.3) is 5.69 Å². The molecule has 6 nitrogen and oxygen atoms in total. The van der Waals surface area contributed by atoms with Crippen LogP contribution in [0.1, 0.15) is 30.4 Å². The Labute approximate surface area is 117 Å². The van der Waals surface area contributed by atoms with Crippen LogP contribution in [0.5, 0.6) is 0 Å². The first kappa shape index (κ1) is 14.5. The van der Waals surface area contributed by atoms with Crippen LogP contribution in [-0.4, -0.2) is 33.5 Å². The van der Waals surface area contributed by atoms with E-state index in [0.717, 1.165) is 24.9 Å². The maximum absolute atomic E-state index is 11.2. The third-order valence-electron chi connectivity index (χ3n) is 3.75. The summed E-state index contributed by atoms with van der Waals surface area (Å²) in [5.74, 6) is -0.814. The van der Waals surface area contributed by atoms with Crippen molar-refractivity contribution in [2.75, 3.05) is 6.54 Å². The molecule has 0 saturated carbocycles. The molecular formula is C14H18N2O4. The largest absolute Gasteiger partial charge is 0.480 e. The number of carbonyl (C=O) groups is 1. The minimum Gasteiger partial charge on any atom is -0.480 e. The molecule has 0 aliphatic carbocycles. The van der Waals surface area contributed by atoms with Gasteiger partial charge in [0.15, 0.2) is 0 Å². The summed E-state index contributed by atoms with van der Waals surface area (Å²) in [5, 5.41) is 20.2. The summed E-state index contributed by atoms with van der Waals surface area (Å²) in [7, 11) is 0. The number of nitrogens with zero attached hydrogens (tertiary/aromatic N) is 2. The number of hydrogen-bond acceptors (Lipinski definition) is 4. The van der Waals surface area contributed by atoms with Crippen LogP contribution in [0.4, 0.5) is 5.69 Å². The highest BCUT2D eigenvalue weighted by Crippen LogP contribution is 2.23. The zero-order chi connectivity index (χ0) is 14.7. The molecule has 0 bridgehead atoms. The van der Waals surface area contributed by atoms with Crippen molar-refractivity contribution in [3.8, 4) is 0 Å². The molecule has 1 aliphatic heterocycles. The molecule has 20 heavy (non-hydrogen) atoms.